The molecule has 0 fully saturated rings. The molecule has 0 spiro atoms. The minimum Gasteiger partial charge on any atom is -0.494 e. The van der Waals surface area contributed by atoms with Crippen LogP contribution in [0.4, 0.5) is 0 Å². The van der Waals surface area contributed by atoms with E-state index >= 15 is 0 Å². The Morgan fingerprint density at radius 1 is 1.13 bits per heavy atom. The van der Waals surface area contributed by atoms with Crippen LogP contribution in [0, 0.1) is 5.41 Å². The van der Waals surface area contributed by atoms with Gasteiger partial charge in [0.1, 0.15) is 11.6 Å². The molecule has 7 heteroatoms. The van der Waals surface area contributed by atoms with Crippen LogP contribution in [-0.4, -0.2) is 36.6 Å². The molecule has 0 saturated carbocycles. The highest BCUT2D eigenvalue weighted by Crippen LogP contribution is 2.11. The van der Waals surface area contributed by atoms with Crippen molar-refractivity contribution < 1.29 is 14.6 Å². The van der Waals surface area contributed by atoms with E-state index < -0.39 is 5.97 Å². The second-order valence-corrected chi connectivity index (χ2v) is 5.09. The fourth-order valence-corrected chi connectivity index (χ4v) is 1.95. The Labute approximate surface area is 143 Å². The summed E-state index contributed by atoms with van der Waals surface area (Å²) >= 11 is 0. The maximum Gasteiger partial charge on any atom is 0.303 e. The van der Waals surface area contributed by atoms with Crippen LogP contribution in [-0.2, 0) is 4.79 Å². The number of nitrogens with one attached hydrogen (secondary N) is 2. The number of aliphatic carboxylic acids is 1. The van der Waals surface area contributed by atoms with Crippen molar-refractivity contribution in [3.05, 3.63) is 29.8 Å². The summed E-state index contributed by atoms with van der Waals surface area (Å²) in [6, 6.07) is 7.17. The third-order valence-corrected chi connectivity index (χ3v) is 3.18. The summed E-state index contributed by atoms with van der Waals surface area (Å²) in [5, 5.41) is 19.1. The molecule has 0 atom stereocenters. The zero-order valence-corrected chi connectivity index (χ0v) is 14.0. The first kappa shape index (κ1) is 21.2. The Morgan fingerprint density at radius 2 is 1.78 bits per heavy atom. The lowest BCUT2D eigenvalue weighted by Gasteiger charge is -2.08. The standard InChI is InChI=1S/C16H25N3O3.ClH/c17-16(18)13-6-8-14(9-7-13)22-12-4-11-19-10-3-1-2-5-15(20)21;/h6-9,19H,1-5,10-12H2,(H3,17,18)(H,20,21);1H. The lowest BCUT2D eigenvalue weighted by molar-refractivity contribution is -0.137. The Kier molecular flexibility index (Phi) is 11.7. The van der Waals surface area contributed by atoms with Gasteiger partial charge in [-0.1, -0.05) is 6.42 Å². The molecule has 1 aromatic carbocycles. The summed E-state index contributed by atoms with van der Waals surface area (Å²) in [5.41, 5.74) is 6.07. The molecule has 23 heavy (non-hydrogen) atoms. The highest BCUT2D eigenvalue weighted by molar-refractivity contribution is 5.94. The molecule has 0 radical (unpaired) electrons. The molecule has 1 rings (SSSR count). The highest BCUT2D eigenvalue weighted by Gasteiger charge is 1.98. The Balaban J connectivity index is 0.00000484. The van der Waals surface area contributed by atoms with Crippen molar-refractivity contribution in [2.45, 2.75) is 32.1 Å². The monoisotopic (exact) mass is 343 g/mol. The second kappa shape index (κ2) is 12.7. The largest absolute Gasteiger partial charge is 0.494 e. The number of halogens is 1. The number of unbranched alkanes of at least 4 members (excludes halogenated alkanes) is 2. The second-order valence-electron chi connectivity index (χ2n) is 5.09. The third-order valence-electron chi connectivity index (χ3n) is 3.18. The van der Waals surface area contributed by atoms with E-state index in [2.05, 4.69) is 5.32 Å². The van der Waals surface area contributed by atoms with E-state index in [0.29, 0.717) is 12.2 Å². The van der Waals surface area contributed by atoms with E-state index in [4.69, 9.17) is 21.0 Å². The number of hydrogen-bond acceptors (Lipinski definition) is 4. The molecular weight excluding hydrogens is 318 g/mol. The van der Waals surface area contributed by atoms with Gasteiger partial charge >= 0.3 is 5.97 Å². The van der Waals surface area contributed by atoms with Gasteiger partial charge in [0.25, 0.3) is 0 Å². The molecule has 0 aromatic heterocycles. The van der Waals surface area contributed by atoms with Gasteiger partial charge in [-0.2, -0.15) is 0 Å². The summed E-state index contributed by atoms with van der Waals surface area (Å²) in [7, 11) is 0. The van der Waals surface area contributed by atoms with Gasteiger partial charge < -0.3 is 20.9 Å². The van der Waals surface area contributed by atoms with Crippen molar-refractivity contribution in [3.63, 3.8) is 0 Å². The van der Waals surface area contributed by atoms with Gasteiger partial charge in [0.15, 0.2) is 0 Å². The summed E-state index contributed by atoms with van der Waals surface area (Å²) in [6.07, 6.45) is 3.86. The lowest BCUT2D eigenvalue weighted by atomic mass is 10.2. The average Bonchev–Trinajstić information content (AvgIpc) is 2.49. The molecule has 0 bridgehead atoms. The Morgan fingerprint density at radius 3 is 2.39 bits per heavy atom. The van der Waals surface area contributed by atoms with Crippen LogP contribution in [0.5, 0.6) is 5.75 Å². The fourth-order valence-electron chi connectivity index (χ4n) is 1.95. The van der Waals surface area contributed by atoms with Crippen molar-refractivity contribution in [1.29, 1.82) is 5.41 Å². The molecule has 5 N–H and O–H groups in total. The fraction of sp³-hybridized carbons (Fsp3) is 0.500. The Bertz CT molecular complexity index is 466. The third kappa shape index (κ3) is 10.5. The normalized spacial score (nSPS) is 9.91. The maximum absolute atomic E-state index is 10.3. The summed E-state index contributed by atoms with van der Waals surface area (Å²) in [5.74, 6) is 0.110. The van der Waals surface area contributed by atoms with Gasteiger partial charge in [0, 0.05) is 12.0 Å². The van der Waals surface area contributed by atoms with E-state index in [0.717, 1.165) is 44.5 Å². The molecular formula is C16H26ClN3O3. The first-order valence-electron chi connectivity index (χ1n) is 7.59. The quantitative estimate of drug-likeness (QED) is 0.265. The Hall–Kier alpha value is -1.79. The molecule has 0 aliphatic carbocycles. The van der Waals surface area contributed by atoms with Gasteiger partial charge in [-0.15, -0.1) is 12.4 Å². The van der Waals surface area contributed by atoms with Gasteiger partial charge in [0.05, 0.1) is 6.61 Å². The zero-order chi connectivity index (χ0) is 16.2. The molecule has 130 valence electrons. The number of rotatable bonds is 12. The van der Waals surface area contributed by atoms with E-state index in [1.54, 1.807) is 12.1 Å². The van der Waals surface area contributed by atoms with E-state index in [1.807, 2.05) is 12.1 Å². The number of amidine groups is 1. The van der Waals surface area contributed by atoms with Crippen molar-refractivity contribution in [1.82, 2.24) is 5.32 Å². The molecule has 1 aromatic rings. The van der Waals surface area contributed by atoms with Gasteiger partial charge in [-0.05, 0) is 56.6 Å². The van der Waals surface area contributed by atoms with Gasteiger partial charge in [0.2, 0.25) is 0 Å². The van der Waals surface area contributed by atoms with Crippen molar-refractivity contribution in [3.8, 4) is 5.75 Å². The van der Waals surface area contributed by atoms with Crippen molar-refractivity contribution in [2.24, 2.45) is 5.73 Å². The predicted octanol–water partition coefficient (Wildman–Crippen LogP) is 2.40. The number of carboxylic acid groups (broad SMARTS) is 1. The van der Waals surface area contributed by atoms with E-state index in [9.17, 15) is 4.79 Å². The minimum absolute atomic E-state index is 0. The summed E-state index contributed by atoms with van der Waals surface area (Å²) in [6.45, 7) is 2.42. The summed E-state index contributed by atoms with van der Waals surface area (Å²) in [4.78, 5) is 10.3. The molecule has 0 amide bonds. The molecule has 0 unspecified atom stereocenters. The smallest absolute Gasteiger partial charge is 0.303 e. The highest BCUT2D eigenvalue weighted by atomic mass is 35.5. The molecule has 0 saturated heterocycles. The number of benzene rings is 1. The van der Waals surface area contributed by atoms with Crippen LogP contribution in [0.15, 0.2) is 24.3 Å². The van der Waals surface area contributed by atoms with Crippen LogP contribution in [0.25, 0.3) is 0 Å². The number of nitrogen functional groups attached to an aromatic ring is 1. The molecule has 0 aliphatic rings. The minimum atomic E-state index is -0.721. The van der Waals surface area contributed by atoms with Gasteiger partial charge in [-0.3, -0.25) is 10.2 Å². The number of hydrogen-bond donors (Lipinski definition) is 4. The maximum atomic E-state index is 10.3. The van der Waals surface area contributed by atoms with Crippen LogP contribution in [0.3, 0.4) is 0 Å². The molecule has 6 nitrogen and oxygen atoms in total. The van der Waals surface area contributed by atoms with Crippen molar-refractivity contribution >= 4 is 24.2 Å². The van der Waals surface area contributed by atoms with Crippen LogP contribution in [0.2, 0.25) is 0 Å². The average molecular weight is 344 g/mol. The number of nitrogens with two attached hydrogens (primary N) is 1. The number of carbonyl (C=O) groups is 1. The van der Waals surface area contributed by atoms with Crippen molar-refractivity contribution in [2.75, 3.05) is 19.7 Å². The van der Waals surface area contributed by atoms with E-state index in [1.165, 1.54) is 0 Å². The number of carboxylic acids is 1. The predicted molar refractivity (Wildman–Crippen MR) is 93.8 cm³/mol. The van der Waals surface area contributed by atoms with Gasteiger partial charge in [-0.25, -0.2) is 0 Å². The SMILES string of the molecule is Cl.N=C(N)c1ccc(OCCCNCCCCCC(=O)O)cc1. The number of ether oxygens (including phenoxy) is 1. The zero-order valence-electron chi connectivity index (χ0n) is 13.2. The van der Waals surface area contributed by atoms with Crippen LogP contribution >= 0.6 is 12.4 Å². The summed E-state index contributed by atoms with van der Waals surface area (Å²) < 4.78 is 5.60. The van der Waals surface area contributed by atoms with E-state index in [-0.39, 0.29) is 24.7 Å². The van der Waals surface area contributed by atoms with Crippen LogP contribution < -0.4 is 15.8 Å². The molecule has 0 aliphatic heterocycles. The lowest BCUT2D eigenvalue weighted by Crippen LogP contribution is -2.18. The topological polar surface area (TPSA) is 108 Å². The first-order valence-corrected chi connectivity index (χ1v) is 7.59. The first-order chi connectivity index (χ1) is 10.6. The molecule has 0 heterocycles. The van der Waals surface area contributed by atoms with Crippen LogP contribution in [0.1, 0.15) is 37.7 Å².